The number of amides is 1. The topological polar surface area (TPSA) is 86.3 Å². The Morgan fingerprint density at radius 1 is 1.11 bits per heavy atom. The predicted octanol–water partition coefficient (Wildman–Crippen LogP) is 5.13. The third-order valence-corrected chi connectivity index (χ3v) is 6.44. The minimum Gasteiger partial charge on any atom is -0.384 e. The van der Waals surface area contributed by atoms with Crippen LogP contribution in [0.4, 0.5) is 15.9 Å². The Morgan fingerprint density at radius 2 is 1.89 bits per heavy atom. The average molecular weight is 472 g/mol. The number of nitrogens with zero attached hydrogens (tertiary/aromatic N) is 1. The number of ether oxygens (including phenoxy) is 1. The van der Waals surface area contributed by atoms with Gasteiger partial charge in [-0.3, -0.25) is 14.2 Å². The van der Waals surface area contributed by atoms with Gasteiger partial charge in [-0.05, 0) is 55.0 Å². The van der Waals surface area contributed by atoms with Gasteiger partial charge in [0.2, 0.25) is 0 Å². The number of carbonyl (C=O) groups is 1. The molecule has 1 atom stereocenters. The fraction of sp³-hybridized carbons (Fsp3) is 0.214. The summed E-state index contributed by atoms with van der Waals surface area (Å²) in [6.07, 6.45) is 1.73. The number of pyridine rings is 1. The van der Waals surface area contributed by atoms with Crippen LogP contribution in [0.5, 0.6) is 0 Å². The lowest BCUT2D eigenvalue weighted by Gasteiger charge is -2.20. The summed E-state index contributed by atoms with van der Waals surface area (Å²) >= 11 is 0. The van der Waals surface area contributed by atoms with E-state index in [1.165, 1.54) is 18.2 Å². The summed E-state index contributed by atoms with van der Waals surface area (Å²) in [6.45, 7) is 3.03. The predicted molar refractivity (Wildman–Crippen MR) is 136 cm³/mol. The van der Waals surface area contributed by atoms with Crippen LogP contribution in [0.2, 0.25) is 0 Å². The average Bonchev–Trinajstić information content (AvgIpc) is 3.37. The molecule has 4 aromatic rings. The first-order chi connectivity index (χ1) is 16.9. The molecule has 0 spiro atoms. The normalized spacial score (nSPS) is 15.4. The van der Waals surface area contributed by atoms with E-state index in [1.54, 1.807) is 28.8 Å². The second kappa shape index (κ2) is 9.35. The van der Waals surface area contributed by atoms with Crippen molar-refractivity contribution in [2.75, 3.05) is 17.7 Å². The van der Waals surface area contributed by atoms with Crippen LogP contribution in [0.1, 0.15) is 28.8 Å². The molecule has 6 nitrogen and oxygen atoms in total. The summed E-state index contributed by atoms with van der Waals surface area (Å²) in [7, 11) is 0. The molecule has 178 valence electrons. The second-order valence-corrected chi connectivity index (χ2v) is 8.87. The van der Waals surface area contributed by atoms with Crippen molar-refractivity contribution >= 4 is 28.2 Å². The zero-order valence-corrected chi connectivity index (χ0v) is 19.4. The molecule has 3 N–H and O–H groups in total. The molecule has 0 radical (unpaired) electrons. The molecule has 1 aliphatic heterocycles. The standard InChI is InChI=1S/C28H26FN3O3/c1-17-8-10-18(11-9-17)25-21-13-12-19(31-27(33)22-6-2-3-7-24(22)29)15-23(21)28(34)32(26(25)30)16-20-5-4-14-35-20/h2-3,6-13,15,20H,4-5,14,16,30H2,1H3,(H,31,33). The van der Waals surface area contributed by atoms with Crippen molar-refractivity contribution in [3.8, 4) is 11.1 Å². The van der Waals surface area contributed by atoms with Gasteiger partial charge in [0.15, 0.2) is 0 Å². The van der Waals surface area contributed by atoms with Crippen LogP contribution < -0.4 is 16.6 Å². The van der Waals surface area contributed by atoms with E-state index in [-0.39, 0.29) is 17.2 Å². The number of hydrogen-bond acceptors (Lipinski definition) is 4. The van der Waals surface area contributed by atoms with Crippen LogP contribution in [0.3, 0.4) is 0 Å². The van der Waals surface area contributed by atoms with E-state index in [2.05, 4.69) is 5.32 Å². The molecule has 7 heteroatoms. The smallest absolute Gasteiger partial charge is 0.260 e. The molecular weight excluding hydrogens is 445 g/mol. The van der Waals surface area contributed by atoms with Crippen LogP contribution in [0, 0.1) is 12.7 Å². The molecule has 1 aromatic heterocycles. The molecule has 1 fully saturated rings. The molecule has 0 bridgehead atoms. The van der Waals surface area contributed by atoms with Gasteiger partial charge in [0.05, 0.1) is 18.2 Å². The molecule has 1 unspecified atom stereocenters. The van der Waals surface area contributed by atoms with Gasteiger partial charge >= 0.3 is 0 Å². The number of aryl methyl sites for hydroxylation is 1. The number of nitrogen functional groups attached to an aromatic ring is 1. The quantitative estimate of drug-likeness (QED) is 0.423. The third kappa shape index (κ3) is 4.42. The maximum Gasteiger partial charge on any atom is 0.260 e. The van der Waals surface area contributed by atoms with E-state index in [0.29, 0.717) is 35.4 Å². The second-order valence-electron chi connectivity index (χ2n) is 8.87. The third-order valence-electron chi connectivity index (χ3n) is 6.44. The van der Waals surface area contributed by atoms with Crippen molar-refractivity contribution in [2.45, 2.75) is 32.4 Å². The van der Waals surface area contributed by atoms with Crippen molar-refractivity contribution in [3.63, 3.8) is 0 Å². The Hall–Kier alpha value is -3.97. The molecule has 1 aliphatic rings. The zero-order valence-electron chi connectivity index (χ0n) is 19.4. The molecule has 35 heavy (non-hydrogen) atoms. The van der Waals surface area contributed by atoms with Crippen LogP contribution in [-0.2, 0) is 11.3 Å². The zero-order chi connectivity index (χ0) is 24.5. The molecule has 5 rings (SSSR count). The summed E-state index contributed by atoms with van der Waals surface area (Å²) < 4.78 is 21.4. The molecule has 0 aliphatic carbocycles. The highest BCUT2D eigenvalue weighted by Gasteiger charge is 2.22. The number of nitrogens with two attached hydrogens (primary N) is 1. The number of halogens is 1. The lowest BCUT2D eigenvalue weighted by Crippen LogP contribution is -2.29. The van der Waals surface area contributed by atoms with Crippen molar-refractivity contribution in [2.24, 2.45) is 0 Å². The van der Waals surface area contributed by atoms with Crippen LogP contribution in [0.15, 0.2) is 71.5 Å². The highest BCUT2D eigenvalue weighted by molar-refractivity contribution is 6.07. The summed E-state index contributed by atoms with van der Waals surface area (Å²) in [5.74, 6) is -0.819. The Balaban J connectivity index is 1.64. The highest BCUT2D eigenvalue weighted by Crippen LogP contribution is 2.34. The number of hydrogen-bond donors (Lipinski definition) is 2. The van der Waals surface area contributed by atoms with Crippen LogP contribution >= 0.6 is 0 Å². The number of aromatic nitrogens is 1. The van der Waals surface area contributed by atoms with Gasteiger partial charge in [-0.1, -0.05) is 48.0 Å². The molecule has 0 saturated carbocycles. The summed E-state index contributed by atoms with van der Waals surface area (Å²) in [5.41, 5.74) is 9.43. The van der Waals surface area contributed by atoms with E-state index < -0.39 is 11.7 Å². The van der Waals surface area contributed by atoms with Gasteiger partial charge in [0.1, 0.15) is 11.6 Å². The van der Waals surface area contributed by atoms with Crippen molar-refractivity contribution < 1.29 is 13.9 Å². The summed E-state index contributed by atoms with van der Waals surface area (Å²) in [6, 6.07) is 18.8. The van der Waals surface area contributed by atoms with Crippen LogP contribution in [0.25, 0.3) is 21.9 Å². The Kier molecular flexibility index (Phi) is 6.09. The van der Waals surface area contributed by atoms with Gasteiger partial charge in [0.25, 0.3) is 11.5 Å². The number of rotatable bonds is 5. The highest BCUT2D eigenvalue weighted by atomic mass is 19.1. The minimum atomic E-state index is -0.612. The number of anilines is 2. The first-order valence-electron chi connectivity index (χ1n) is 11.6. The summed E-state index contributed by atoms with van der Waals surface area (Å²) in [5, 5.41) is 3.81. The van der Waals surface area contributed by atoms with E-state index in [4.69, 9.17) is 10.5 Å². The van der Waals surface area contributed by atoms with Gasteiger partial charge in [-0.25, -0.2) is 4.39 Å². The molecule has 3 aromatic carbocycles. The largest absolute Gasteiger partial charge is 0.384 e. The van der Waals surface area contributed by atoms with Gasteiger partial charge < -0.3 is 15.8 Å². The number of nitrogens with one attached hydrogen (secondary N) is 1. The van der Waals surface area contributed by atoms with Crippen molar-refractivity contribution in [1.82, 2.24) is 4.57 Å². The lowest BCUT2D eigenvalue weighted by atomic mass is 9.97. The molecule has 2 heterocycles. The maximum atomic E-state index is 14.1. The van der Waals surface area contributed by atoms with E-state index in [9.17, 15) is 14.0 Å². The SMILES string of the molecule is Cc1ccc(-c2c(N)n(CC3CCCO3)c(=O)c3cc(NC(=O)c4ccccc4F)ccc23)cc1. The fourth-order valence-corrected chi connectivity index (χ4v) is 4.59. The fourth-order valence-electron chi connectivity index (χ4n) is 4.59. The van der Waals surface area contributed by atoms with Gasteiger partial charge in [-0.2, -0.15) is 0 Å². The molecular formula is C28H26FN3O3. The first kappa shape index (κ1) is 22.8. The van der Waals surface area contributed by atoms with Gasteiger partial charge in [-0.15, -0.1) is 0 Å². The number of carbonyl (C=O) groups excluding carboxylic acids is 1. The van der Waals surface area contributed by atoms with Gasteiger partial charge in [0, 0.05) is 23.2 Å². The number of benzene rings is 3. The van der Waals surface area contributed by atoms with E-state index in [0.717, 1.165) is 29.5 Å². The lowest BCUT2D eigenvalue weighted by molar-refractivity contribution is 0.0968. The van der Waals surface area contributed by atoms with Crippen LogP contribution in [-0.4, -0.2) is 23.2 Å². The Bertz CT molecular complexity index is 1470. The van der Waals surface area contributed by atoms with E-state index in [1.807, 2.05) is 31.2 Å². The first-order valence-corrected chi connectivity index (χ1v) is 11.6. The maximum absolute atomic E-state index is 14.1. The monoisotopic (exact) mass is 471 g/mol. The minimum absolute atomic E-state index is 0.0685. The van der Waals surface area contributed by atoms with E-state index >= 15 is 0 Å². The Labute approximate surface area is 202 Å². The number of fused-ring (bicyclic) bond motifs is 1. The summed E-state index contributed by atoms with van der Waals surface area (Å²) in [4.78, 5) is 26.2. The van der Waals surface area contributed by atoms with Crippen molar-refractivity contribution in [3.05, 3.63) is 94.0 Å². The van der Waals surface area contributed by atoms with Crippen molar-refractivity contribution in [1.29, 1.82) is 0 Å². The molecule has 1 amide bonds. The Morgan fingerprint density at radius 3 is 2.60 bits per heavy atom. The molecule has 1 saturated heterocycles.